The summed E-state index contributed by atoms with van der Waals surface area (Å²) in [5, 5.41) is 0.649. The lowest BCUT2D eigenvalue weighted by molar-refractivity contribution is 0.0990. The van der Waals surface area contributed by atoms with Crippen LogP contribution in [0.1, 0.15) is 26.3 Å². The zero-order valence-corrected chi connectivity index (χ0v) is 19.9. The van der Waals surface area contributed by atoms with E-state index in [1.54, 1.807) is 30.3 Å². The standard InChI is InChI=1S/C32H20ClNO2/c33-24-15-17-25(18-16-24)34-29(21-9-3-1-4-10-21)20-23(30(34)22-11-5-2-6-12-22)19-28-31(35)26-13-7-8-14-27(26)32(28)36/h1-20H. The molecule has 0 amide bonds. The first-order valence-corrected chi connectivity index (χ1v) is 12.0. The highest BCUT2D eigenvalue weighted by Crippen LogP contribution is 2.38. The van der Waals surface area contributed by atoms with Crippen molar-refractivity contribution in [2.45, 2.75) is 0 Å². The van der Waals surface area contributed by atoms with Gasteiger partial charge < -0.3 is 4.57 Å². The third-order valence-corrected chi connectivity index (χ3v) is 6.69. The Morgan fingerprint density at radius 1 is 0.611 bits per heavy atom. The first-order chi connectivity index (χ1) is 17.6. The summed E-state index contributed by atoms with van der Waals surface area (Å²) in [4.78, 5) is 26.4. The lowest BCUT2D eigenvalue weighted by Crippen LogP contribution is -2.02. The van der Waals surface area contributed by atoms with E-state index in [9.17, 15) is 9.59 Å². The van der Waals surface area contributed by atoms with Crippen LogP contribution in [0, 0.1) is 0 Å². The summed E-state index contributed by atoms with van der Waals surface area (Å²) < 4.78 is 2.16. The van der Waals surface area contributed by atoms with Gasteiger partial charge in [0.15, 0.2) is 11.6 Å². The molecule has 1 heterocycles. The maximum atomic E-state index is 13.2. The number of hydrogen-bond acceptors (Lipinski definition) is 2. The zero-order chi connectivity index (χ0) is 24.6. The largest absolute Gasteiger partial charge is 0.309 e. The number of fused-ring (bicyclic) bond motifs is 1. The zero-order valence-electron chi connectivity index (χ0n) is 19.2. The first-order valence-electron chi connectivity index (χ1n) is 11.6. The third-order valence-electron chi connectivity index (χ3n) is 6.44. The van der Waals surface area contributed by atoms with E-state index < -0.39 is 0 Å². The van der Waals surface area contributed by atoms with Crippen molar-refractivity contribution >= 4 is 29.2 Å². The van der Waals surface area contributed by atoms with Crippen LogP contribution in [0.25, 0.3) is 34.3 Å². The molecule has 0 saturated carbocycles. The highest BCUT2D eigenvalue weighted by Gasteiger charge is 2.33. The van der Waals surface area contributed by atoms with Crippen molar-refractivity contribution in [1.82, 2.24) is 4.57 Å². The fraction of sp³-hybridized carbons (Fsp3) is 0. The monoisotopic (exact) mass is 485 g/mol. The number of hydrogen-bond donors (Lipinski definition) is 0. The summed E-state index contributed by atoms with van der Waals surface area (Å²) in [7, 11) is 0. The van der Waals surface area contributed by atoms with E-state index in [0.717, 1.165) is 33.8 Å². The lowest BCUT2D eigenvalue weighted by atomic mass is 10.0. The molecule has 3 nitrogen and oxygen atoms in total. The molecule has 0 fully saturated rings. The second-order valence-electron chi connectivity index (χ2n) is 8.64. The molecule has 1 aliphatic rings. The minimum Gasteiger partial charge on any atom is -0.309 e. The molecule has 172 valence electrons. The van der Waals surface area contributed by atoms with Crippen LogP contribution in [0.4, 0.5) is 0 Å². The quantitative estimate of drug-likeness (QED) is 0.191. The third kappa shape index (κ3) is 3.71. The minimum atomic E-state index is -0.241. The second kappa shape index (κ2) is 8.95. The van der Waals surface area contributed by atoms with Gasteiger partial charge in [-0.1, -0.05) is 96.5 Å². The van der Waals surface area contributed by atoms with Crippen molar-refractivity contribution in [1.29, 1.82) is 0 Å². The van der Waals surface area contributed by atoms with E-state index in [-0.39, 0.29) is 17.1 Å². The predicted octanol–water partition coefficient (Wildman–Crippen LogP) is 7.93. The Kier molecular flexibility index (Phi) is 5.48. The smallest absolute Gasteiger partial charge is 0.197 e. The van der Waals surface area contributed by atoms with Gasteiger partial charge in [0.25, 0.3) is 0 Å². The van der Waals surface area contributed by atoms with E-state index in [1.165, 1.54) is 0 Å². The van der Waals surface area contributed by atoms with Crippen LogP contribution in [0.5, 0.6) is 0 Å². The fourth-order valence-corrected chi connectivity index (χ4v) is 4.90. The molecule has 4 heteroatoms. The van der Waals surface area contributed by atoms with Gasteiger partial charge in [-0.05, 0) is 47.5 Å². The Balaban J connectivity index is 1.65. The Bertz CT molecular complexity index is 1610. The lowest BCUT2D eigenvalue weighted by Gasteiger charge is -2.15. The van der Waals surface area contributed by atoms with E-state index in [0.29, 0.717) is 16.1 Å². The number of carbonyl (C=O) groups excluding carboxylic acids is 2. The summed E-state index contributed by atoms with van der Waals surface area (Å²) in [5.74, 6) is -0.481. The fourth-order valence-electron chi connectivity index (χ4n) is 4.77. The van der Waals surface area contributed by atoms with Crippen LogP contribution < -0.4 is 0 Å². The van der Waals surface area contributed by atoms with Gasteiger partial charge in [-0.15, -0.1) is 0 Å². The topological polar surface area (TPSA) is 39.1 Å². The molecule has 0 aliphatic heterocycles. The Hall–Kier alpha value is -4.47. The molecule has 6 rings (SSSR count). The van der Waals surface area contributed by atoms with E-state index in [2.05, 4.69) is 16.7 Å². The summed E-state index contributed by atoms with van der Waals surface area (Å²) in [6.45, 7) is 0. The number of halogens is 1. The number of carbonyl (C=O) groups is 2. The van der Waals surface area contributed by atoms with Gasteiger partial charge in [-0.2, -0.15) is 0 Å². The molecule has 0 atom stereocenters. The average molecular weight is 486 g/mol. The summed E-state index contributed by atoms with van der Waals surface area (Å²) in [6.07, 6.45) is 1.74. The number of benzene rings is 4. The SMILES string of the molecule is O=C1C(=Cc2cc(-c3ccccc3)n(-c3ccc(Cl)cc3)c2-c2ccccc2)C(=O)c2ccccc21. The molecule has 0 radical (unpaired) electrons. The van der Waals surface area contributed by atoms with Crippen LogP contribution in [-0.4, -0.2) is 16.1 Å². The molecule has 36 heavy (non-hydrogen) atoms. The van der Waals surface area contributed by atoms with Crippen LogP contribution in [0.15, 0.2) is 121 Å². The van der Waals surface area contributed by atoms with Crippen molar-refractivity contribution in [3.8, 4) is 28.2 Å². The van der Waals surface area contributed by atoms with Crippen molar-refractivity contribution in [2.75, 3.05) is 0 Å². The van der Waals surface area contributed by atoms with Crippen molar-refractivity contribution in [3.63, 3.8) is 0 Å². The molecular weight excluding hydrogens is 466 g/mol. The van der Waals surface area contributed by atoms with Crippen LogP contribution in [0.2, 0.25) is 5.02 Å². The Morgan fingerprint density at radius 3 is 1.72 bits per heavy atom. The van der Waals surface area contributed by atoms with Crippen molar-refractivity contribution in [2.24, 2.45) is 0 Å². The number of aromatic nitrogens is 1. The molecule has 0 saturated heterocycles. The van der Waals surface area contributed by atoms with Gasteiger partial charge in [0.1, 0.15) is 0 Å². The maximum Gasteiger partial charge on any atom is 0.197 e. The van der Waals surface area contributed by atoms with Crippen LogP contribution >= 0.6 is 11.6 Å². The van der Waals surface area contributed by atoms with Crippen LogP contribution in [0.3, 0.4) is 0 Å². The molecule has 5 aromatic rings. The van der Waals surface area contributed by atoms with Crippen LogP contribution in [-0.2, 0) is 0 Å². The van der Waals surface area contributed by atoms with Gasteiger partial charge >= 0.3 is 0 Å². The van der Waals surface area contributed by atoms with Gasteiger partial charge in [0.05, 0.1) is 17.0 Å². The molecule has 0 N–H and O–H groups in total. The molecule has 1 aliphatic carbocycles. The van der Waals surface area contributed by atoms with E-state index in [4.69, 9.17) is 11.6 Å². The minimum absolute atomic E-state index is 0.182. The van der Waals surface area contributed by atoms with E-state index in [1.807, 2.05) is 78.9 Å². The number of rotatable bonds is 4. The normalized spacial score (nSPS) is 12.6. The highest BCUT2D eigenvalue weighted by molar-refractivity contribution is 6.41. The molecule has 4 aromatic carbocycles. The Labute approximate surface area is 213 Å². The number of ketones is 2. The predicted molar refractivity (Wildman–Crippen MR) is 145 cm³/mol. The molecule has 0 bridgehead atoms. The van der Waals surface area contributed by atoms with Gasteiger partial charge in [-0.25, -0.2) is 0 Å². The number of allylic oxidation sites excluding steroid dienone is 1. The molecular formula is C32H20ClNO2. The first kappa shape index (κ1) is 22.0. The van der Waals surface area contributed by atoms with Gasteiger partial charge in [-0.3, -0.25) is 9.59 Å². The summed E-state index contributed by atoms with van der Waals surface area (Å²) >= 11 is 6.21. The average Bonchev–Trinajstić information content (AvgIpc) is 3.42. The summed E-state index contributed by atoms with van der Waals surface area (Å²) in [6, 6.07) is 36.8. The summed E-state index contributed by atoms with van der Waals surface area (Å²) in [5.41, 5.74) is 6.62. The number of Topliss-reactive ketones (excluding diaryl/α,β-unsaturated/α-hetero) is 2. The number of nitrogens with zero attached hydrogens (tertiary/aromatic N) is 1. The van der Waals surface area contributed by atoms with Gasteiger partial charge in [0, 0.05) is 27.4 Å². The molecule has 1 aromatic heterocycles. The second-order valence-corrected chi connectivity index (χ2v) is 9.08. The molecule has 0 unspecified atom stereocenters. The highest BCUT2D eigenvalue weighted by atomic mass is 35.5. The van der Waals surface area contributed by atoms with Crippen molar-refractivity contribution in [3.05, 3.63) is 143 Å². The van der Waals surface area contributed by atoms with Gasteiger partial charge in [0.2, 0.25) is 0 Å². The molecule has 0 spiro atoms. The van der Waals surface area contributed by atoms with Crippen molar-refractivity contribution < 1.29 is 9.59 Å². The maximum absolute atomic E-state index is 13.2. The Morgan fingerprint density at radius 2 is 1.14 bits per heavy atom. The van der Waals surface area contributed by atoms with E-state index >= 15 is 0 Å².